The Kier molecular flexibility index (Phi) is 4.02. The summed E-state index contributed by atoms with van der Waals surface area (Å²) in [6.45, 7) is 1.98. The molecule has 0 aliphatic heterocycles. The van der Waals surface area contributed by atoms with E-state index in [9.17, 15) is 0 Å². The molecule has 0 amide bonds. The summed E-state index contributed by atoms with van der Waals surface area (Å²) in [6.07, 6.45) is 4.37. The van der Waals surface area contributed by atoms with Gasteiger partial charge in [-0.15, -0.1) is 0 Å². The van der Waals surface area contributed by atoms with Crippen LogP contribution >= 0.6 is 11.6 Å². The number of hydrogen-bond donors (Lipinski definition) is 2. The van der Waals surface area contributed by atoms with Crippen molar-refractivity contribution in [2.75, 3.05) is 0 Å². The molecule has 1 aromatic heterocycles. The minimum absolute atomic E-state index is 0.0521. The van der Waals surface area contributed by atoms with Gasteiger partial charge in [0.15, 0.2) is 0 Å². The number of rotatable bonds is 4. The van der Waals surface area contributed by atoms with Gasteiger partial charge in [0.1, 0.15) is 5.15 Å². The number of fused-ring (bicyclic) bond motifs is 1. The van der Waals surface area contributed by atoms with Crippen LogP contribution in [0.1, 0.15) is 40.4 Å². The van der Waals surface area contributed by atoms with Crippen LogP contribution in [0.2, 0.25) is 5.15 Å². The number of aromatic nitrogens is 2. The zero-order valence-electron chi connectivity index (χ0n) is 12.5. The monoisotopic (exact) mass is 304 g/mol. The number of hydrogen-bond acceptors (Lipinski definition) is 3. The highest BCUT2D eigenvalue weighted by molar-refractivity contribution is 6.30. The Labute approximate surface area is 130 Å². The molecule has 3 N–H and O–H groups in total. The summed E-state index contributed by atoms with van der Waals surface area (Å²) in [5.74, 6) is 5.78. The first-order valence-electron chi connectivity index (χ1n) is 7.36. The second-order valence-electron chi connectivity index (χ2n) is 5.78. The van der Waals surface area contributed by atoms with E-state index in [0.717, 1.165) is 17.7 Å². The van der Waals surface area contributed by atoms with Gasteiger partial charge in [-0.2, -0.15) is 5.10 Å². The van der Waals surface area contributed by atoms with E-state index in [-0.39, 0.29) is 6.04 Å². The Morgan fingerprint density at radius 1 is 1.38 bits per heavy atom. The van der Waals surface area contributed by atoms with Gasteiger partial charge in [-0.05, 0) is 49.3 Å². The van der Waals surface area contributed by atoms with Crippen molar-refractivity contribution in [2.45, 2.75) is 38.6 Å². The standard InChI is InChI=1S/C16H21ClN4/c1-10-14(16(17)21(2)20-10)9-15(19-18)13-7-6-11-4-3-5-12(11)8-13/h6-8,15,19H,3-5,9,18H2,1-2H3. The van der Waals surface area contributed by atoms with Gasteiger partial charge >= 0.3 is 0 Å². The van der Waals surface area contributed by atoms with E-state index >= 15 is 0 Å². The maximum Gasteiger partial charge on any atom is 0.130 e. The van der Waals surface area contributed by atoms with Crippen LogP contribution in [0.4, 0.5) is 0 Å². The first-order valence-corrected chi connectivity index (χ1v) is 7.73. The van der Waals surface area contributed by atoms with E-state index in [4.69, 9.17) is 17.4 Å². The van der Waals surface area contributed by atoms with Crippen LogP contribution in [0.5, 0.6) is 0 Å². The number of hydrazine groups is 1. The largest absolute Gasteiger partial charge is 0.271 e. The van der Waals surface area contributed by atoms with E-state index in [2.05, 4.69) is 28.7 Å². The molecule has 21 heavy (non-hydrogen) atoms. The highest BCUT2D eigenvalue weighted by Crippen LogP contribution is 2.29. The fourth-order valence-electron chi connectivity index (χ4n) is 3.19. The summed E-state index contributed by atoms with van der Waals surface area (Å²) in [5.41, 5.74) is 9.10. The molecule has 1 atom stereocenters. The van der Waals surface area contributed by atoms with Crippen molar-refractivity contribution in [1.82, 2.24) is 15.2 Å². The van der Waals surface area contributed by atoms with Crippen molar-refractivity contribution in [2.24, 2.45) is 12.9 Å². The first kappa shape index (κ1) is 14.6. The highest BCUT2D eigenvalue weighted by Gasteiger charge is 2.19. The van der Waals surface area contributed by atoms with E-state index < -0.39 is 0 Å². The summed E-state index contributed by atoms with van der Waals surface area (Å²) in [6, 6.07) is 6.75. The molecule has 0 fully saturated rings. The third kappa shape index (κ3) is 2.71. The second-order valence-corrected chi connectivity index (χ2v) is 6.14. The summed E-state index contributed by atoms with van der Waals surface area (Å²) in [7, 11) is 1.86. The van der Waals surface area contributed by atoms with Crippen molar-refractivity contribution in [3.05, 3.63) is 51.3 Å². The fraction of sp³-hybridized carbons (Fsp3) is 0.438. The van der Waals surface area contributed by atoms with E-state index in [1.807, 2.05) is 14.0 Å². The van der Waals surface area contributed by atoms with Crippen LogP contribution in [0, 0.1) is 6.92 Å². The molecular weight excluding hydrogens is 284 g/mol. The van der Waals surface area contributed by atoms with Gasteiger partial charge in [-0.1, -0.05) is 29.8 Å². The first-order chi connectivity index (χ1) is 10.1. The molecule has 1 unspecified atom stereocenters. The van der Waals surface area contributed by atoms with Gasteiger partial charge in [-0.25, -0.2) is 0 Å². The van der Waals surface area contributed by atoms with Gasteiger partial charge < -0.3 is 0 Å². The average Bonchev–Trinajstić information content (AvgIpc) is 3.03. The Morgan fingerprint density at radius 2 is 2.14 bits per heavy atom. The molecule has 1 aliphatic carbocycles. The highest BCUT2D eigenvalue weighted by atomic mass is 35.5. The maximum absolute atomic E-state index is 6.33. The zero-order chi connectivity index (χ0) is 15.0. The topological polar surface area (TPSA) is 55.9 Å². The molecule has 0 saturated heterocycles. The molecule has 1 aliphatic rings. The molecule has 112 valence electrons. The number of halogens is 1. The molecule has 0 radical (unpaired) electrons. The molecule has 5 heteroatoms. The maximum atomic E-state index is 6.33. The molecule has 2 aromatic rings. The molecule has 4 nitrogen and oxygen atoms in total. The lowest BCUT2D eigenvalue weighted by Gasteiger charge is -2.17. The van der Waals surface area contributed by atoms with Crippen molar-refractivity contribution in [3.8, 4) is 0 Å². The lowest BCUT2D eigenvalue weighted by Crippen LogP contribution is -2.29. The van der Waals surface area contributed by atoms with Crippen LogP contribution in [0.3, 0.4) is 0 Å². The SMILES string of the molecule is Cc1nn(C)c(Cl)c1CC(NN)c1ccc2c(c1)CCC2. The third-order valence-corrected chi connectivity index (χ3v) is 4.88. The number of nitrogens with two attached hydrogens (primary N) is 1. The predicted molar refractivity (Wildman–Crippen MR) is 85.2 cm³/mol. The van der Waals surface area contributed by atoms with Crippen LogP contribution in [-0.2, 0) is 26.3 Å². The lowest BCUT2D eigenvalue weighted by molar-refractivity contribution is 0.550. The van der Waals surface area contributed by atoms with Crippen molar-refractivity contribution in [1.29, 1.82) is 0 Å². The van der Waals surface area contributed by atoms with Crippen LogP contribution in [0.25, 0.3) is 0 Å². The minimum Gasteiger partial charge on any atom is -0.271 e. The number of nitrogens with one attached hydrogen (secondary N) is 1. The smallest absolute Gasteiger partial charge is 0.130 e. The minimum atomic E-state index is 0.0521. The van der Waals surface area contributed by atoms with Gasteiger partial charge in [0, 0.05) is 12.6 Å². The fourth-order valence-corrected chi connectivity index (χ4v) is 3.44. The normalized spacial score (nSPS) is 15.2. The lowest BCUT2D eigenvalue weighted by atomic mass is 9.96. The molecule has 3 rings (SSSR count). The summed E-state index contributed by atoms with van der Waals surface area (Å²) in [4.78, 5) is 0. The Bertz CT molecular complexity index is 663. The van der Waals surface area contributed by atoms with Crippen LogP contribution < -0.4 is 11.3 Å². The summed E-state index contributed by atoms with van der Waals surface area (Å²) >= 11 is 6.33. The van der Waals surface area contributed by atoms with E-state index in [0.29, 0.717) is 5.15 Å². The predicted octanol–water partition coefficient (Wildman–Crippen LogP) is 2.62. The van der Waals surface area contributed by atoms with Gasteiger partial charge in [0.2, 0.25) is 0 Å². The van der Waals surface area contributed by atoms with Crippen molar-refractivity contribution < 1.29 is 0 Å². The van der Waals surface area contributed by atoms with Crippen molar-refractivity contribution in [3.63, 3.8) is 0 Å². The van der Waals surface area contributed by atoms with E-state index in [1.165, 1.54) is 36.0 Å². The third-order valence-electron chi connectivity index (χ3n) is 4.40. The quantitative estimate of drug-likeness (QED) is 0.674. The van der Waals surface area contributed by atoms with E-state index in [1.54, 1.807) is 4.68 Å². The number of benzene rings is 1. The van der Waals surface area contributed by atoms with Crippen molar-refractivity contribution >= 4 is 11.6 Å². The molecule has 0 bridgehead atoms. The molecule has 0 saturated carbocycles. The Morgan fingerprint density at radius 3 is 2.81 bits per heavy atom. The molecule has 1 aromatic carbocycles. The Hall–Kier alpha value is -1.36. The van der Waals surface area contributed by atoms with Crippen LogP contribution in [0.15, 0.2) is 18.2 Å². The van der Waals surface area contributed by atoms with Gasteiger partial charge in [0.25, 0.3) is 0 Å². The van der Waals surface area contributed by atoms with Gasteiger partial charge in [0.05, 0.1) is 11.7 Å². The zero-order valence-corrected chi connectivity index (χ0v) is 13.2. The molecule has 0 spiro atoms. The summed E-state index contributed by atoms with van der Waals surface area (Å²) < 4.78 is 1.71. The molecular formula is C16H21ClN4. The number of aryl methyl sites for hydroxylation is 4. The Balaban J connectivity index is 1.88. The van der Waals surface area contributed by atoms with Gasteiger partial charge in [-0.3, -0.25) is 16.0 Å². The average molecular weight is 305 g/mol. The molecule has 1 heterocycles. The second kappa shape index (κ2) is 5.79. The summed E-state index contributed by atoms with van der Waals surface area (Å²) in [5, 5.41) is 5.05. The van der Waals surface area contributed by atoms with Crippen LogP contribution in [-0.4, -0.2) is 9.78 Å². The number of nitrogens with zero attached hydrogens (tertiary/aromatic N) is 2.